The van der Waals surface area contributed by atoms with Crippen molar-refractivity contribution in [3.05, 3.63) is 70.8 Å². The quantitative estimate of drug-likeness (QED) is 0.855. The highest BCUT2D eigenvalue weighted by Gasteiger charge is 2.21. The minimum atomic E-state index is -0.793. The smallest absolute Gasteiger partial charge is 0.159 e. The van der Waals surface area contributed by atoms with Crippen LogP contribution in [-0.4, -0.2) is 0 Å². The molecule has 2 aromatic carbocycles. The third kappa shape index (κ3) is 2.02. The van der Waals surface area contributed by atoms with Gasteiger partial charge in [-0.2, -0.15) is 0 Å². The molecule has 1 aliphatic rings. The molecule has 1 aliphatic heterocycles. The standard InChI is InChI=1S/C15H13F2N/c16-13-6-5-10(7-14(13)17)8-15-12-4-2-1-3-11(12)9-18-15/h1-7,15,18H,8-9H2. The van der Waals surface area contributed by atoms with E-state index in [1.165, 1.54) is 23.3 Å². The van der Waals surface area contributed by atoms with Crippen molar-refractivity contribution in [3.8, 4) is 0 Å². The molecule has 1 atom stereocenters. The minimum absolute atomic E-state index is 0.186. The molecule has 2 aromatic rings. The van der Waals surface area contributed by atoms with Crippen molar-refractivity contribution in [3.63, 3.8) is 0 Å². The van der Waals surface area contributed by atoms with Crippen molar-refractivity contribution in [2.45, 2.75) is 19.0 Å². The summed E-state index contributed by atoms with van der Waals surface area (Å²) in [4.78, 5) is 0. The Labute approximate surface area is 104 Å². The van der Waals surface area contributed by atoms with E-state index in [-0.39, 0.29) is 6.04 Å². The van der Waals surface area contributed by atoms with Crippen LogP contribution in [0.4, 0.5) is 8.78 Å². The number of hydrogen-bond donors (Lipinski definition) is 1. The summed E-state index contributed by atoms with van der Waals surface area (Å²) in [6, 6.07) is 12.5. The lowest BCUT2D eigenvalue weighted by atomic mass is 9.99. The number of fused-ring (bicyclic) bond motifs is 1. The predicted octanol–water partition coefficient (Wildman–Crippen LogP) is 3.35. The number of halogens is 2. The highest BCUT2D eigenvalue weighted by Crippen LogP contribution is 2.28. The van der Waals surface area contributed by atoms with Crippen molar-refractivity contribution >= 4 is 0 Å². The van der Waals surface area contributed by atoms with Gasteiger partial charge in [-0.3, -0.25) is 0 Å². The average molecular weight is 245 g/mol. The lowest BCUT2D eigenvalue weighted by molar-refractivity contribution is 0.504. The van der Waals surface area contributed by atoms with Gasteiger partial charge in [0.25, 0.3) is 0 Å². The molecule has 3 rings (SSSR count). The molecule has 1 N–H and O–H groups in total. The summed E-state index contributed by atoms with van der Waals surface area (Å²) in [5.41, 5.74) is 3.34. The highest BCUT2D eigenvalue weighted by molar-refractivity contribution is 5.35. The van der Waals surface area contributed by atoms with Crippen LogP contribution in [0.25, 0.3) is 0 Å². The van der Waals surface area contributed by atoms with Crippen LogP contribution in [-0.2, 0) is 13.0 Å². The maximum Gasteiger partial charge on any atom is 0.159 e. The maximum absolute atomic E-state index is 13.2. The van der Waals surface area contributed by atoms with Crippen LogP contribution in [0, 0.1) is 11.6 Å². The van der Waals surface area contributed by atoms with Crippen LogP contribution >= 0.6 is 0 Å². The van der Waals surface area contributed by atoms with E-state index in [0.717, 1.165) is 12.1 Å². The van der Waals surface area contributed by atoms with Crippen molar-refractivity contribution in [2.24, 2.45) is 0 Å². The fourth-order valence-electron chi connectivity index (χ4n) is 2.46. The van der Waals surface area contributed by atoms with E-state index in [4.69, 9.17) is 0 Å². The topological polar surface area (TPSA) is 12.0 Å². The largest absolute Gasteiger partial charge is 0.306 e. The number of benzene rings is 2. The third-order valence-electron chi connectivity index (χ3n) is 3.39. The van der Waals surface area contributed by atoms with E-state index in [1.807, 2.05) is 12.1 Å². The lowest BCUT2D eigenvalue weighted by Crippen LogP contribution is -2.14. The highest BCUT2D eigenvalue weighted by atomic mass is 19.2. The van der Waals surface area contributed by atoms with Gasteiger partial charge in [-0.25, -0.2) is 8.78 Å². The summed E-state index contributed by atoms with van der Waals surface area (Å²) in [7, 11) is 0. The number of nitrogens with one attached hydrogen (secondary N) is 1. The molecular formula is C15H13F2N. The first-order valence-corrected chi connectivity index (χ1v) is 5.99. The van der Waals surface area contributed by atoms with E-state index >= 15 is 0 Å². The predicted molar refractivity (Wildman–Crippen MR) is 66.1 cm³/mol. The molecular weight excluding hydrogens is 232 g/mol. The molecule has 1 unspecified atom stereocenters. The summed E-state index contributed by atoms with van der Waals surface area (Å²) in [6.07, 6.45) is 0.675. The van der Waals surface area contributed by atoms with Crippen LogP contribution in [0.1, 0.15) is 22.7 Å². The first kappa shape index (κ1) is 11.4. The van der Waals surface area contributed by atoms with Gasteiger partial charge in [0.15, 0.2) is 11.6 Å². The Morgan fingerprint density at radius 3 is 2.72 bits per heavy atom. The minimum Gasteiger partial charge on any atom is -0.306 e. The SMILES string of the molecule is Fc1ccc(CC2NCc3ccccc32)cc1F. The van der Waals surface area contributed by atoms with E-state index in [9.17, 15) is 8.78 Å². The molecule has 1 nitrogen and oxygen atoms in total. The van der Waals surface area contributed by atoms with Crippen molar-refractivity contribution in [2.75, 3.05) is 0 Å². The van der Waals surface area contributed by atoms with Gasteiger partial charge in [0.2, 0.25) is 0 Å². The molecule has 0 aliphatic carbocycles. The Balaban J connectivity index is 1.84. The summed E-state index contributed by atoms with van der Waals surface area (Å²) >= 11 is 0. The molecule has 18 heavy (non-hydrogen) atoms. The van der Waals surface area contributed by atoms with Gasteiger partial charge >= 0.3 is 0 Å². The molecule has 0 saturated heterocycles. The molecule has 0 aromatic heterocycles. The van der Waals surface area contributed by atoms with Crippen LogP contribution in [0.15, 0.2) is 42.5 Å². The zero-order valence-electron chi connectivity index (χ0n) is 9.79. The normalized spacial score (nSPS) is 17.8. The Morgan fingerprint density at radius 2 is 1.89 bits per heavy atom. The molecule has 0 amide bonds. The van der Waals surface area contributed by atoms with Gasteiger partial charge in [0.05, 0.1) is 0 Å². The second kappa shape index (κ2) is 4.50. The number of hydrogen-bond acceptors (Lipinski definition) is 1. The molecule has 0 saturated carbocycles. The lowest BCUT2D eigenvalue weighted by Gasteiger charge is -2.12. The van der Waals surface area contributed by atoms with E-state index in [0.29, 0.717) is 6.42 Å². The van der Waals surface area contributed by atoms with Crippen LogP contribution in [0.3, 0.4) is 0 Å². The second-order valence-electron chi connectivity index (χ2n) is 4.58. The Morgan fingerprint density at radius 1 is 1.06 bits per heavy atom. The first-order chi connectivity index (χ1) is 8.74. The molecule has 0 radical (unpaired) electrons. The number of rotatable bonds is 2. The fourth-order valence-corrected chi connectivity index (χ4v) is 2.46. The van der Waals surface area contributed by atoms with Crippen molar-refractivity contribution in [1.82, 2.24) is 5.32 Å². The Kier molecular flexibility index (Phi) is 2.84. The molecule has 0 bridgehead atoms. The van der Waals surface area contributed by atoms with E-state index in [2.05, 4.69) is 17.4 Å². The van der Waals surface area contributed by atoms with Gasteiger partial charge in [0, 0.05) is 12.6 Å². The third-order valence-corrected chi connectivity index (χ3v) is 3.39. The summed E-state index contributed by atoms with van der Waals surface area (Å²) in [5, 5.41) is 3.39. The van der Waals surface area contributed by atoms with Crippen molar-refractivity contribution < 1.29 is 8.78 Å². The zero-order chi connectivity index (χ0) is 12.5. The van der Waals surface area contributed by atoms with E-state index < -0.39 is 11.6 Å². The second-order valence-corrected chi connectivity index (χ2v) is 4.58. The van der Waals surface area contributed by atoms with E-state index in [1.54, 1.807) is 6.07 Å². The summed E-state index contributed by atoms with van der Waals surface area (Å²) in [5.74, 6) is -1.57. The molecule has 92 valence electrons. The fraction of sp³-hybridized carbons (Fsp3) is 0.200. The van der Waals surface area contributed by atoms with Gasteiger partial charge in [-0.15, -0.1) is 0 Å². The monoisotopic (exact) mass is 245 g/mol. The molecule has 0 fully saturated rings. The van der Waals surface area contributed by atoms with Crippen LogP contribution in [0.5, 0.6) is 0 Å². The van der Waals surface area contributed by atoms with Crippen LogP contribution in [0.2, 0.25) is 0 Å². The van der Waals surface area contributed by atoms with Gasteiger partial charge in [0.1, 0.15) is 0 Å². The molecule has 0 spiro atoms. The molecule has 3 heteroatoms. The Bertz CT molecular complexity index is 580. The van der Waals surface area contributed by atoms with Gasteiger partial charge in [-0.05, 0) is 35.2 Å². The van der Waals surface area contributed by atoms with Gasteiger partial charge < -0.3 is 5.32 Å². The summed E-state index contributed by atoms with van der Waals surface area (Å²) in [6.45, 7) is 0.838. The van der Waals surface area contributed by atoms with Crippen LogP contribution < -0.4 is 5.32 Å². The summed E-state index contributed by atoms with van der Waals surface area (Å²) < 4.78 is 26.0. The molecule has 1 heterocycles. The first-order valence-electron chi connectivity index (χ1n) is 5.99. The maximum atomic E-state index is 13.2. The van der Waals surface area contributed by atoms with Gasteiger partial charge in [-0.1, -0.05) is 30.3 Å². The average Bonchev–Trinajstić information content (AvgIpc) is 2.78. The zero-order valence-corrected chi connectivity index (χ0v) is 9.79. The van der Waals surface area contributed by atoms with Crippen molar-refractivity contribution in [1.29, 1.82) is 0 Å². The Hall–Kier alpha value is -1.74.